The minimum Gasteiger partial charge on any atom is -0.481 e. The molecule has 0 aliphatic heterocycles. The Balaban J connectivity index is 3.13. The van der Waals surface area contributed by atoms with Gasteiger partial charge in [-0.3, -0.25) is 4.79 Å². The van der Waals surface area contributed by atoms with Crippen LogP contribution in [-0.2, 0) is 9.53 Å². The number of carboxylic acid groups (broad SMARTS) is 1. The minimum atomic E-state index is -0.875. The van der Waals surface area contributed by atoms with Gasteiger partial charge in [0.25, 0.3) is 0 Å². The van der Waals surface area contributed by atoms with Gasteiger partial charge in [-0.1, -0.05) is 13.3 Å². The fourth-order valence-electron chi connectivity index (χ4n) is 0.795. The predicted octanol–water partition coefficient (Wildman–Crippen LogP) is 0.639. The molecule has 0 aromatic rings. The molecule has 0 heterocycles. The molecule has 0 rings (SSSR count). The van der Waals surface area contributed by atoms with Crippen molar-refractivity contribution in [1.29, 1.82) is 0 Å². The summed E-state index contributed by atoms with van der Waals surface area (Å²) in [6.45, 7) is 2.39. The highest BCUT2D eigenvalue weighted by atomic mass is 16.5. The zero-order valence-corrected chi connectivity index (χ0v) is 7.32. The van der Waals surface area contributed by atoms with Crippen molar-refractivity contribution in [2.24, 2.45) is 0 Å². The van der Waals surface area contributed by atoms with Crippen LogP contribution in [0.1, 0.15) is 26.2 Å². The van der Waals surface area contributed by atoms with E-state index in [-0.39, 0.29) is 19.6 Å². The number of ether oxygens (including phenoxy) is 1. The van der Waals surface area contributed by atoms with E-state index in [1.165, 1.54) is 0 Å². The summed E-state index contributed by atoms with van der Waals surface area (Å²) in [7, 11) is 0. The van der Waals surface area contributed by atoms with Crippen LogP contribution in [-0.4, -0.2) is 35.5 Å². The van der Waals surface area contributed by atoms with E-state index in [0.29, 0.717) is 6.42 Å². The van der Waals surface area contributed by atoms with Crippen LogP contribution in [0, 0.1) is 0 Å². The highest BCUT2D eigenvalue weighted by Gasteiger charge is 2.02. The number of rotatable bonds is 7. The van der Waals surface area contributed by atoms with Gasteiger partial charge in [-0.15, -0.1) is 0 Å². The molecule has 0 aliphatic rings. The minimum absolute atomic E-state index is 0.00115. The molecule has 0 saturated carbocycles. The summed E-state index contributed by atoms with van der Waals surface area (Å²) in [6.07, 6.45) is 1.15. The molecule has 1 atom stereocenters. The molecule has 72 valence electrons. The SMILES string of the molecule is CCCC(O)COCCC(=O)O. The third-order valence-electron chi connectivity index (χ3n) is 1.39. The molecule has 0 bridgehead atoms. The van der Waals surface area contributed by atoms with Crippen molar-refractivity contribution in [3.05, 3.63) is 0 Å². The fourth-order valence-corrected chi connectivity index (χ4v) is 0.795. The zero-order valence-electron chi connectivity index (χ0n) is 7.32. The van der Waals surface area contributed by atoms with E-state index < -0.39 is 12.1 Å². The Morgan fingerprint density at radius 3 is 2.75 bits per heavy atom. The summed E-state index contributed by atoms with van der Waals surface area (Å²) in [5.41, 5.74) is 0. The summed E-state index contributed by atoms with van der Waals surface area (Å²) < 4.78 is 4.93. The average Bonchev–Trinajstić information content (AvgIpc) is 1.98. The van der Waals surface area contributed by atoms with Gasteiger partial charge in [0.2, 0.25) is 0 Å². The average molecular weight is 176 g/mol. The lowest BCUT2D eigenvalue weighted by Crippen LogP contribution is -2.16. The molecule has 0 spiro atoms. The van der Waals surface area contributed by atoms with Crippen LogP contribution in [0.15, 0.2) is 0 Å². The van der Waals surface area contributed by atoms with Crippen LogP contribution in [0.25, 0.3) is 0 Å². The number of aliphatic hydroxyl groups excluding tert-OH is 1. The van der Waals surface area contributed by atoms with Gasteiger partial charge in [-0.05, 0) is 6.42 Å². The van der Waals surface area contributed by atoms with Crippen molar-refractivity contribution in [3.8, 4) is 0 Å². The van der Waals surface area contributed by atoms with Crippen LogP contribution in [0.3, 0.4) is 0 Å². The highest BCUT2D eigenvalue weighted by molar-refractivity contribution is 5.66. The molecule has 4 nitrogen and oxygen atoms in total. The molecule has 0 aromatic carbocycles. The number of carbonyl (C=O) groups is 1. The maximum absolute atomic E-state index is 10.0. The van der Waals surface area contributed by atoms with Gasteiger partial charge in [0.15, 0.2) is 0 Å². The first-order valence-electron chi connectivity index (χ1n) is 4.14. The molecule has 0 aliphatic carbocycles. The van der Waals surface area contributed by atoms with Crippen molar-refractivity contribution < 1.29 is 19.7 Å². The monoisotopic (exact) mass is 176 g/mol. The lowest BCUT2D eigenvalue weighted by molar-refractivity contribution is -0.138. The molecule has 0 saturated heterocycles. The Bertz CT molecular complexity index is 124. The fraction of sp³-hybridized carbons (Fsp3) is 0.875. The Labute approximate surface area is 72.2 Å². The first-order valence-corrected chi connectivity index (χ1v) is 4.14. The Hall–Kier alpha value is -0.610. The van der Waals surface area contributed by atoms with Crippen LogP contribution >= 0.6 is 0 Å². The Morgan fingerprint density at radius 2 is 2.25 bits per heavy atom. The Morgan fingerprint density at radius 1 is 1.58 bits per heavy atom. The molecule has 1 unspecified atom stereocenters. The molecule has 0 aromatic heterocycles. The summed E-state index contributed by atoms with van der Waals surface area (Å²) in [4.78, 5) is 10.0. The maximum atomic E-state index is 10.0. The van der Waals surface area contributed by atoms with Gasteiger partial charge >= 0.3 is 5.97 Å². The zero-order chi connectivity index (χ0) is 9.40. The molecule has 4 heteroatoms. The van der Waals surface area contributed by atoms with Crippen LogP contribution in [0.4, 0.5) is 0 Å². The second-order valence-electron chi connectivity index (χ2n) is 2.66. The van der Waals surface area contributed by atoms with Gasteiger partial charge in [-0.2, -0.15) is 0 Å². The molecule has 2 N–H and O–H groups in total. The van der Waals surface area contributed by atoms with Crippen LogP contribution < -0.4 is 0 Å². The summed E-state index contributed by atoms with van der Waals surface area (Å²) >= 11 is 0. The number of hydrogen-bond acceptors (Lipinski definition) is 3. The van der Waals surface area contributed by atoms with Gasteiger partial charge in [0.1, 0.15) is 0 Å². The lowest BCUT2D eigenvalue weighted by Gasteiger charge is -2.08. The van der Waals surface area contributed by atoms with E-state index in [1.807, 2.05) is 6.92 Å². The van der Waals surface area contributed by atoms with E-state index in [0.717, 1.165) is 6.42 Å². The smallest absolute Gasteiger partial charge is 0.305 e. The van der Waals surface area contributed by atoms with Crippen LogP contribution in [0.5, 0.6) is 0 Å². The number of aliphatic hydroxyl groups is 1. The lowest BCUT2D eigenvalue weighted by atomic mass is 10.2. The van der Waals surface area contributed by atoms with Gasteiger partial charge < -0.3 is 14.9 Å². The molecule has 0 radical (unpaired) electrons. The molecule has 0 fully saturated rings. The van der Waals surface area contributed by atoms with Crippen molar-refractivity contribution in [2.45, 2.75) is 32.3 Å². The van der Waals surface area contributed by atoms with Crippen LogP contribution in [0.2, 0.25) is 0 Å². The van der Waals surface area contributed by atoms with E-state index in [9.17, 15) is 4.79 Å². The topological polar surface area (TPSA) is 66.8 Å². The van der Waals surface area contributed by atoms with E-state index in [4.69, 9.17) is 14.9 Å². The van der Waals surface area contributed by atoms with Crippen molar-refractivity contribution in [1.82, 2.24) is 0 Å². The molecular formula is C8H16O4. The Kier molecular flexibility index (Phi) is 6.70. The highest BCUT2D eigenvalue weighted by Crippen LogP contribution is 1.96. The largest absolute Gasteiger partial charge is 0.481 e. The van der Waals surface area contributed by atoms with Gasteiger partial charge in [-0.25, -0.2) is 0 Å². The third-order valence-corrected chi connectivity index (χ3v) is 1.39. The van der Waals surface area contributed by atoms with Crippen molar-refractivity contribution in [2.75, 3.05) is 13.2 Å². The first kappa shape index (κ1) is 11.4. The first-order chi connectivity index (χ1) is 5.66. The summed E-state index contributed by atoms with van der Waals surface area (Å²) in [5, 5.41) is 17.4. The van der Waals surface area contributed by atoms with Gasteiger partial charge in [0.05, 0.1) is 25.7 Å². The summed E-state index contributed by atoms with van der Waals surface area (Å²) in [6, 6.07) is 0. The van der Waals surface area contributed by atoms with Crippen molar-refractivity contribution >= 4 is 5.97 Å². The molecule has 0 amide bonds. The normalized spacial score (nSPS) is 12.8. The third kappa shape index (κ3) is 7.50. The molecule has 12 heavy (non-hydrogen) atoms. The maximum Gasteiger partial charge on any atom is 0.305 e. The standard InChI is InChI=1S/C8H16O4/c1-2-3-7(9)6-12-5-4-8(10)11/h7,9H,2-6H2,1H3,(H,10,11). The second kappa shape index (κ2) is 7.06. The van der Waals surface area contributed by atoms with E-state index in [1.54, 1.807) is 0 Å². The second-order valence-corrected chi connectivity index (χ2v) is 2.66. The van der Waals surface area contributed by atoms with Gasteiger partial charge in [0, 0.05) is 0 Å². The molecular weight excluding hydrogens is 160 g/mol. The number of hydrogen-bond donors (Lipinski definition) is 2. The van der Waals surface area contributed by atoms with E-state index in [2.05, 4.69) is 0 Å². The number of aliphatic carboxylic acids is 1. The number of carboxylic acids is 1. The quantitative estimate of drug-likeness (QED) is 0.558. The van der Waals surface area contributed by atoms with Crippen molar-refractivity contribution in [3.63, 3.8) is 0 Å². The van der Waals surface area contributed by atoms with E-state index >= 15 is 0 Å². The predicted molar refractivity (Wildman–Crippen MR) is 44.0 cm³/mol. The summed E-state index contributed by atoms with van der Waals surface area (Å²) in [5.74, 6) is -0.875.